The highest BCUT2D eigenvalue weighted by atomic mass is 16.5. The minimum atomic E-state index is -1.11. The van der Waals surface area contributed by atoms with Crippen molar-refractivity contribution in [3.63, 3.8) is 0 Å². The number of fused-ring (bicyclic) bond motifs is 1. The van der Waals surface area contributed by atoms with Crippen LogP contribution in [0, 0.1) is 17.8 Å². The highest BCUT2D eigenvalue weighted by Crippen LogP contribution is 2.56. The van der Waals surface area contributed by atoms with E-state index in [9.17, 15) is 14.4 Å². The van der Waals surface area contributed by atoms with Crippen LogP contribution in [-0.4, -0.2) is 59.6 Å². The van der Waals surface area contributed by atoms with E-state index in [0.717, 1.165) is 51.4 Å². The summed E-state index contributed by atoms with van der Waals surface area (Å²) in [6.07, 6.45) is 12.7. The normalized spacial score (nSPS) is 36.3. The number of ether oxygens (including phenoxy) is 2. The molecule has 1 aromatic rings. The van der Waals surface area contributed by atoms with Crippen molar-refractivity contribution in [1.29, 1.82) is 0 Å². The molecule has 0 unspecified atom stereocenters. The number of rotatable bonds is 6. The summed E-state index contributed by atoms with van der Waals surface area (Å²) in [4.78, 5) is 43.8. The van der Waals surface area contributed by atoms with E-state index < -0.39 is 29.6 Å². The van der Waals surface area contributed by atoms with Gasteiger partial charge in [-0.1, -0.05) is 51.2 Å². The van der Waals surface area contributed by atoms with Crippen LogP contribution in [0.1, 0.15) is 64.7 Å². The topological polar surface area (TPSA) is 97.0 Å². The van der Waals surface area contributed by atoms with Crippen LogP contribution in [0.15, 0.2) is 36.4 Å². The monoisotopic (exact) mass is 521 g/mol. The third-order valence-corrected chi connectivity index (χ3v) is 9.60. The van der Waals surface area contributed by atoms with Crippen molar-refractivity contribution < 1.29 is 23.9 Å². The maximum atomic E-state index is 14.3. The molecule has 3 aliphatic heterocycles. The molecule has 2 saturated heterocycles. The smallest absolute Gasteiger partial charge is 0.246 e. The Balaban J connectivity index is 1.31. The van der Waals surface area contributed by atoms with Gasteiger partial charge in [0, 0.05) is 17.8 Å². The number of anilines is 1. The molecule has 204 valence electrons. The number of benzene rings is 1. The molecule has 6 rings (SSSR count). The number of nitrogens with zero attached hydrogens (tertiary/aromatic N) is 1. The van der Waals surface area contributed by atoms with Crippen LogP contribution in [0.2, 0.25) is 0 Å². The van der Waals surface area contributed by atoms with Gasteiger partial charge in [0.05, 0.1) is 25.0 Å². The molecule has 0 radical (unpaired) electrons. The van der Waals surface area contributed by atoms with Crippen molar-refractivity contribution in [1.82, 2.24) is 10.2 Å². The first-order chi connectivity index (χ1) is 18.4. The number of nitrogens with one attached hydrogen (secondary N) is 2. The number of methoxy groups -OCH3 is 1. The van der Waals surface area contributed by atoms with E-state index in [-0.39, 0.29) is 29.8 Å². The molecule has 38 heavy (non-hydrogen) atoms. The molecule has 5 aliphatic rings. The highest BCUT2D eigenvalue weighted by Gasteiger charge is 2.73. The average molecular weight is 522 g/mol. The van der Waals surface area contributed by atoms with E-state index in [1.54, 1.807) is 31.4 Å². The highest BCUT2D eigenvalue weighted by molar-refractivity contribution is 6.03. The summed E-state index contributed by atoms with van der Waals surface area (Å²) in [7, 11) is 1.59. The van der Waals surface area contributed by atoms with Crippen molar-refractivity contribution in [2.24, 2.45) is 17.8 Å². The van der Waals surface area contributed by atoms with Crippen molar-refractivity contribution in [3.8, 4) is 5.75 Å². The molecule has 0 aromatic heterocycles. The van der Waals surface area contributed by atoms with Gasteiger partial charge in [0.25, 0.3) is 0 Å². The fourth-order valence-electron chi connectivity index (χ4n) is 7.70. The van der Waals surface area contributed by atoms with Crippen LogP contribution in [0.3, 0.4) is 0 Å². The second-order valence-electron chi connectivity index (χ2n) is 11.8. The van der Waals surface area contributed by atoms with E-state index in [1.165, 1.54) is 6.42 Å². The van der Waals surface area contributed by atoms with Crippen LogP contribution >= 0.6 is 0 Å². The Morgan fingerprint density at radius 3 is 2.42 bits per heavy atom. The van der Waals surface area contributed by atoms with Gasteiger partial charge in [-0.2, -0.15) is 0 Å². The SMILES string of the molecule is COc1ccc(NC(=O)[C@@H]2[C@@H]3C=C[C@]4(O3)[C@@H]2C(=O)N([C@@H]2CCCC[C@H]2C)[C@H]4C(=O)NC2CCCCC2)cc1. The lowest BCUT2D eigenvalue weighted by molar-refractivity contribution is -0.146. The summed E-state index contributed by atoms with van der Waals surface area (Å²) in [5, 5.41) is 6.27. The number of hydrogen-bond donors (Lipinski definition) is 2. The van der Waals surface area contributed by atoms with E-state index in [2.05, 4.69) is 17.6 Å². The third kappa shape index (κ3) is 4.12. The van der Waals surface area contributed by atoms with Crippen molar-refractivity contribution in [3.05, 3.63) is 36.4 Å². The number of hydrogen-bond acceptors (Lipinski definition) is 5. The Morgan fingerprint density at radius 1 is 1.00 bits per heavy atom. The summed E-state index contributed by atoms with van der Waals surface area (Å²) >= 11 is 0. The van der Waals surface area contributed by atoms with Crippen LogP contribution in [-0.2, 0) is 19.1 Å². The number of carbonyl (C=O) groups is 3. The number of amides is 3. The second-order valence-corrected chi connectivity index (χ2v) is 11.8. The van der Waals surface area contributed by atoms with Crippen LogP contribution in [0.4, 0.5) is 5.69 Å². The Labute approximate surface area is 224 Å². The molecule has 1 aromatic carbocycles. The fraction of sp³-hybridized carbons (Fsp3) is 0.633. The molecule has 8 nitrogen and oxygen atoms in total. The molecule has 2 bridgehead atoms. The molecule has 7 atom stereocenters. The fourth-order valence-corrected chi connectivity index (χ4v) is 7.70. The molecule has 1 spiro atoms. The third-order valence-electron chi connectivity index (χ3n) is 9.60. The summed E-state index contributed by atoms with van der Waals surface area (Å²) in [6.45, 7) is 2.18. The molecule has 3 amide bonds. The standard InChI is InChI=1S/C30H39N3O5/c1-18-8-6-7-11-22(18)33-26(28(35)32-19-9-4-3-5-10-19)30-17-16-23(38-30)24(25(30)29(33)36)27(34)31-20-12-14-21(37-2)15-13-20/h12-19,22-26H,3-11H2,1-2H3,(H,31,34)(H,32,35)/t18-,22-,23+,24-,25+,26+,30+/m1/s1. The number of carbonyl (C=O) groups excluding carboxylic acids is 3. The number of likely N-dealkylation sites (tertiary alicyclic amines) is 1. The zero-order valence-corrected chi connectivity index (χ0v) is 22.4. The van der Waals surface area contributed by atoms with Crippen molar-refractivity contribution >= 4 is 23.4 Å². The lowest BCUT2D eigenvalue weighted by Gasteiger charge is -2.42. The van der Waals surface area contributed by atoms with E-state index >= 15 is 0 Å². The molecule has 3 heterocycles. The first-order valence-electron chi connectivity index (χ1n) is 14.4. The van der Waals surface area contributed by atoms with Crippen molar-refractivity contribution in [2.45, 2.75) is 94.5 Å². The summed E-state index contributed by atoms with van der Waals surface area (Å²) in [5.41, 5.74) is -0.481. The zero-order valence-electron chi connectivity index (χ0n) is 22.4. The predicted octanol–water partition coefficient (Wildman–Crippen LogP) is 3.81. The van der Waals surface area contributed by atoms with Crippen LogP contribution in [0.5, 0.6) is 5.75 Å². The van der Waals surface area contributed by atoms with Gasteiger partial charge >= 0.3 is 0 Å². The van der Waals surface area contributed by atoms with Gasteiger partial charge < -0.3 is 25.0 Å². The van der Waals surface area contributed by atoms with Gasteiger partial charge in [0.2, 0.25) is 17.7 Å². The molecular formula is C30H39N3O5. The minimum absolute atomic E-state index is 0.0281. The average Bonchev–Trinajstić information content (AvgIpc) is 3.57. The van der Waals surface area contributed by atoms with Gasteiger partial charge in [0.1, 0.15) is 17.4 Å². The zero-order chi connectivity index (χ0) is 26.4. The lowest BCUT2D eigenvalue weighted by Crippen LogP contribution is -2.59. The van der Waals surface area contributed by atoms with Crippen LogP contribution in [0.25, 0.3) is 0 Å². The molecule has 2 N–H and O–H groups in total. The van der Waals surface area contributed by atoms with Gasteiger partial charge in [-0.05, 0) is 55.9 Å². The van der Waals surface area contributed by atoms with E-state index in [4.69, 9.17) is 9.47 Å². The van der Waals surface area contributed by atoms with E-state index in [1.807, 2.05) is 17.1 Å². The Kier molecular flexibility index (Phi) is 6.70. The molecular weight excluding hydrogens is 482 g/mol. The Morgan fingerprint density at radius 2 is 1.71 bits per heavy atom. The van der Waals surface area contributed by atoms with Gasteiger partial charge in [-0.25, -0.2) is 0 Å². The largest absolute Gasteiger partial charge is 0.497 e. The van der Waals surface area contributed by atoms with Gasteiger partial charge in [0.15, 0.2) is 0 Å². The predicted molar refractivity (Wildman–Crippen MR) is 142 cm³/mol. The van der Waals surface area contributed by atoms with Crippen molar-refractivity contribution in [2.75, 3.05) is 12.4 Å². The van der Waals surface area contributed by atoms with Gasteiger partial charge in [-0.3, -0.25) is 14.4 Å². The molecule has 8 heteroatoms. The second kappa shape index (κ2) is 10.0. The summed E-state index contributed by atoms with van der Waals surface area (Å²) in [5.74, 6) is -0.921. The van der Waals surface area contributed by atoms with Gasteiger partial charge in [-0.15, -0.1) is 0 Å². The molecule has 2 aliphatic carbocycles. The lowest BCUT2D eigenvalue weighted by atomic mass is 9.74. The quantitative estimate of drug-likeness (QED) is 0.555. The maximum Gasteiger partial charge on any atom is 0.246 e. The summed E-state index contributed by atoms with van der Waals surface area (Å²) in [6, 6.07) is 6.48. The van der Waals surface area contributed by atoms with Crippen LogP contribution < -0.4 is 15.4 Å². The Bertz CT molecular complexity index is 1110. The molecule has 4 fully saturated rings. The minimum Gasteiger partial charge on any atom is -0.497 e. The first kappa shape index (κ1) is 25.4. The summed E-state index contributed by atoms with van der Waals surface area (Å²) < 4.78 is 11.7. The Hall–Kier alpha value is -2.87. The first-order valence-corrected chi connectivity index (χ1v) is 14.4. The van der Waals surface area contributed by atoms with E-state index in [0.29, 0.717) is 17.4 Å². The molecule has 2 saturated carbocycles. The maximum absolute atomic E-state index is 14.3.